The molecule has 0 aliphatic carbocycles. The third kappa shape index (κ3) is 2.28. The normalized spacial score (nSPS) is 10.6. The maximum absolute atomic E-state index is 5.51. The van der Waals surface area contributed by atoms with E-state index in [0.717, 1.165) is 24.2 Å². The van der Waals surface area contributed by atoms with Gasteiger partial charge in [0.1, 0.15) is 0 Å². The molecule has 84 valence electrons. The number of hydrogen-bond acceptors (Lipinski definition) is 3. The molecule has 2 N–H and O–H groups in total. The molecule has 0 atom stereocenters. The van der Waals surface area contributed by atoms with Crippen molar-refractivity contribution in [1.29, 1.82) is 0 Å². The smallest absolute Gasteiger partial charge is 0.0729 e. The molecule has 2 rings (SSSR count). The lowest BCUT2D eigenvalue weighted by molar-refractivity contribution is 0.729. The minimum Gasteiger partial charge on any atom is -0.330 e. The summed E-state index contributed by atoms with van der Waals surface area (Å²) < 4.78 is 1.88. The van der Waals surface area contributed by atoms with Crippen LogP contribution in [-0.2, 0) is 6.42 Å². The molecule has 1 aromatic heterocycles. The van der Waals surface area contributed by atoms with Crippen LogP contribution < -0.4 is 5.73 Å². The third-order valence-electron chi connectivity index (χ3n) is 2.50. The van der Waals surface area contributed by atoms with Crippen LogP contribution in [0.3, 0.4) is 0 Å². The summed E-state index contributed by atoms with van der Waals surface area (Å²) in [6, 6.07) is 8.23. The maximum Gasteiger partial charge on any atom is 0.0729 e. The van der Waals surface area contributed by atoms with Crippen molar-refractivity contribution in [1.82, 2.24) is 15.0 Å². The molecule has 4 heteroatoms. The first-order valence-electron chi connectivity index (χ1n) is 5.48. The van der Waals surface area contributed by atoms with Gasteiger partial charge >= 0.3 is 0 Å². The van der Waals surface area contributed by atoms with E-state index < -0.39 is 0 Å². The Kier molecular flexibility index (Phi) is 3.31. The lowest BCUT2D eigenvalue weighted by atomic mass is 10.2. The van der Waals surface area contributed by atoms with Crippen LogP contribution in [0.1, 0.15) is 17.7 Å². The monoisotopic (exact) mass is 216 g/mol. The van der Waals surface area contributed by atoms with E-state index in [2.05, 4.69) is 29.4 Å². The van der Waals surface area contributed by atoms with Gasteiger partial charge in [0.25, 0.3) is 0 Å². The third-order valence-corrected chi connectivity index (χ3v) is 2.50. The number of nitrogens with zero attached hydrogens (tertiary/aromatic N) is 3. The highest BCUT2D eigenvalue weighted by molar-refractivity contribution is 5.35. The maximum atomic E-state index is 5.51. The summed E-state index contributed by atoms with van der Waals surface area (Å²) in [5.74, 6) is 0. The van der Waals surface area contributed by atoms with Crippen LogP contribution in [0.15, 0.2) is 30.5 Å². The molecular formula is C12H16N4. The Bertz CT molecular complexity index is 462. The second kappa shape index (κ2) is 4.90. The number of benzene rings is 1. The number of rotatable bonds is 4. The highest BCUT2D eigenvalue weighted by Gasteiger charge is 2.05. The van der Waals surface area contributed by atoms with Gasteiger partial charge in [-0.15, -0.1) is 5.10 Å². The summed E-state index contributed by atoms with van der Waals surface area (Å²) in [6.45, 7) is 2.76. The van der Waals surface area contributed by atoms with Crippen molar-refractivity contribution in [3.63, 3.8) is 0 Å². The molecule has 0 bridgehead atoms. The van der Waals surface area contributed by atoms with Crippen molar-refractivity contribution in [3.8, 4) is 5.69 Å². The summed E-state index contributed by atoms with van der Waals surface area (Å²) in [4.78, 5) is 0. The van der Waals surface area contributed by atoms with Crippen LogP contribution in [-0.4, -0.2) is 21.5 Å². The van der Waals surface area contributed by atoms with E-state index in [4.69, 9.17) is 5.73 Å². The van der Waals surface area contributed by atoms with Crippen molar-refractivity contribution in [2.24, 2.45) is 5.73 Å². The molecule has 0 aliphatic heterocycles. The fourth-order valence-corrected chi connectivity index (χ4v) is 1.69. The average Bonchev–Trinajstić information content (AvgIpc) is 2.74. The molecular weight excluding hydrogens is 200 g/mol. The first-order chi connectivity index (χ1) is 7.81. The van der Waals surface area contributed by atoms with Crippen molar-refractivity contribution in [2.75, 3.05) is 6.54 Å². The molecule has 1 aromatic carbocycles. The van der Waals surface area contributed by atoms with Crippen LogP contribution in [0, 0.1) is 6.92 Å². The minimum absolute atomic E-state index is 0.693. The first kappa shape index (κ1) is 10.8. The van der Waals surface area contributed by atoms with Crippen LogP contribution in [0.5, 0.6) is 0 Å². The van der Waals surface area contributed by atoms with E-state index in [1.54, 1.807) is 6.20 Å². The fourth-order valence-electron chi connectivity index (χ4n) is 1.69. The first-order valence-corrected chi connectivity index (χ1v) is 5.48. The van der Waals surface area contributed by atoms with Gasteiger partial charge in [0.15, 0.2) is 0 Å². The Hall–Kier alpha value is -1.68. The molecule has 16 heavy (non-hydrogen) atoms. The van der Waals surface area contributed by atoms with Gasteiger partial charge in [0.2, 0.25) is 0 Å². The summed E-state index contributed by atoms with van der Waals surface area (Å²) in [5, 5.41) is 8.06. The highest BCUT2D eigenvalue weighted by atomic mass is 15.4. The lowest BCUT2D eigenvalue weighted by Gasteiger charge is -2.06. The van der Waals surface area contributed by atoms with Crippen molar-refractivity contribution < 1.29 is 0 Å². The Balaban J connectivity index is 2.29. The van der Waals surface area contributed by atoms with Crippen LogP contribution in [0.25, 0.3) is 5.69 Å². The van der Waals surface area contributed by atoms with Crippen LogP contribution >= 0.6 is 0 Å². The van der Waals surface area contributed by atoms with Gasteiger partial charge in [-0.3, -0.25) is 0 Å². The van der Waals surface area contributed by atoms with Gasteiger partial charge in [0, 0.05) is 0 Å². The van der Waals surface area contributed by atoms with E-state index in [9.17, 15) is 0 Å². The molecule has 0 radical (unpaired) electrons. The number of aromatic nitrogens is 3. The molecule has 2 aromatic rings. The number of aryl methyl sites for hydroxylation is 2. The molecule has 0 spiro atoms. The Morgan fingerprint density at radius 1 is 1.38 bits per heavy atom. The predicted octanol–water partition coefficient (Wildman–Crippen LogP) is 1.47. The largest absolute Gasteiger partial charge is 0.330 e. The SMILES string of the molecule is Cc1cccc(-n2nncc2CCCN)c1. The molecule has 0 saturated heterocycles. The molecule has 0 unspecified atom stereocenters. The van der Waals surface area contributed by atoms with Crippen LogP contribution in [0.4, 0.5) is 0 Å². The second-order valence-electron chi connectivity index (χ2n) is 3.87. The lowest BCUT2D eigenvalue weighted by Crippen LogP contribution is -2.06. The van der Waals surface area contributed by atoms with E-state index in [0.29, 0.717) is 6.54 Å². The van der Waals surface area contributed by atoms with E-state index in [-0.39, 0.29) is 0 Å². The van der Waals surface area contributed by atoms with Gasteiger partial charge in [-0.05, 0) is 44.0 Å². The van der Waals surface area contributed by atoms with Gasteiger partial charge in [-0.2, -0.15) is 0 Å². The summed E-state index contributed by atoms with van der Waals surface area (Å²) in [5.41, 5.74) is 8.90. The van der Waals surface area contributed by atoms with Crippen molar-refractivity contribution in [2.45, 2.75) is 19.8 Å². The van der Waals surface area contributed by atoms with E-state index >= 15 is 0 Å². The minimum atomic E-state index is 0.693. The molecule has 0 aliphatic rings. The van der Waals surface area contributed by atoms with Crippen LogP contribution in [0.2, 0.25) is 0 Å². The van der Waals surface area contributed by atoms with E-state index in [1.807, 2.05) is 16.8 Å². The standard InChI is InChI=1S/C12H16N4/c1-10-4-2-5-11(8-10)16-12(6-3-7-13)9-14-15-16/h2,4-5,8-9H,3,6-7,13H2,1H3. The number of hydrogen-bond donors (Lipinski definition) is 1. The van der Waals surface area contributed by atoms with Crippen molar-refractivity contribution >= 4 is 0 Å². The molecule has 0 amide bonds. The van der Waals surface area contributed by atoms with E-state index in [1.165, 1.54) is 5.56 Å². The topological polar surface area (TPSA) is 56.7 Å². The molecule has 1 heterocycles. The zero-order valence-corrected chi connectivity index (χ0v) is 9.43. The summed E-state index contributed by atoms with van der Waals surface area (Å²) >= 11 is 0. The summed E-state index contributed by atoms with van der Waals surface area (Å²) in [6.07, 6.45) is 3.68. The Morgan fingerprint density at radius 2 is 2.25 bits per heavy atom. The quantitative estimate of drug-likeness (QED) is 0.842. The Morgan fingerprint density at radius 3 is 3.00 bits per heavy atom. The number of nitrogens with two attached hydrogens (primary N) is 1. The highest BCUT2D eigenvalue weighted by Crippen LogP contribution is 2.12. The van der Waals surface area contributed by atoms with Gasteiger partial charge < -0.3 is 5.73 Å². The predicted molar refractivity (Wildman–Crippen MR) is 63.5 cm³/mol. The average molecular weight is 216 g/mol. The zero-order chi connectivity index (χ0) is 11.4. The van der Waals surface area contributed by atoms with Gasteiger partial charge in [-0.1, -0.05) is 17.3 Å². The fraction of sp³-hybridized carbons (Fsp3) is 0.333. The van der Waals surface area contributed by atoms with Crippen molar-refractivity contribution in [3.05, 3.63) is 41.7 Å². The van der Waals surface area contributed by atoms with Gasteiger partial charge in [-0.25, -0.2) is 4.68 Å². The second-order valence-corrected chi connectivity index (χ2v) is 3.87. The zero-order valence-electron chi connectivity index (χ0n) is 9.43. The molecule has 4 nitrogen and oxygen atoms in total. The van der Waals surface area contributed by atoms with Gasteiger partial charge in [0.05, 0.1) is 17.6 Å². The Labute approximate surface area is 95.1 Å². The summed E-state index contributed by atoms with van der Waals surface area (Å²) in [7, 11) is 0. The molecule has 0 saturated carbocycles. The molecule has 0 fully saturated rings.